The number of fused-ring (bicyclic) bond motifs is 1. The molecule has 0 aliphatic heterocycles. The minimum Gasteiger partial charge on any atom is -0.397 e. The molecule has 2 aromatic carbocycles. The molecular formula is C13H10F2N4O. The maximum atomic E-state index is 13.5. The lowest BCUT2D eigenvalue weighted by Crippen LogP contribution is -2.03. The predicted octanol–water partition coefficient (Wildman–Crippen LogP) is 2.70. The lowest BCUT2D eigenvalue weighted by molar-refractivity contribution is 0.316. The van der Waals surface area contributed by atoms with Crippen molar-refractivity contribution in [3.8, 4) is 0 Å². The standard InChI is InChI=1S/C13H10F2N4O/c14-8-2-1-7(9(15)5-8)6-17-11-4-3-10(16)12-13(11)19-20-18-12/h1-5,17H,6,16H2. The zero-order valence-electron chi connectivity index (χ0n) is 10.2. The highest BCUT2D eigenvalue weighted by Gasteiger charge is 2.10. The molecule has 0 atom stereocenters. The van der Waals surface area contributed by atoms with E-state index in [1.165, 1.54) is 12.1 Å². The molecule has 0 radical (unpaired) electrons. The average Bonchev–Trinajstić information content (AvgIpc) is 2.90. The monoisotopic (exact) mass is 276 g/mol. The summed E-state index contributed by atoms with van der Waals surface area (Å²) in [5, 5.41) is 10.4. The van der Waals surface area contributed by atoms with Crippen LogP contribution in [-0.4, -0.2) is 10.3 Å². The van der Waals surface area contributed by atoms with Crippen molar-refractivity contribution in [1.82, 2.24) is 10.3 Å². The van der Waals surface area contributed by atoms with Crippen molar-refractivity contribution in [3.05, 3.63) is 47.5 Å². The molecule has 3 aromatic rings. The Morgan fingerprint density at radius 2 is 1.90 bits per heavy atom. The topological polar surface area (TPSA) is 77.0 Å². The lowest BCUT2D eigenvalue weighted by atomic mass is 10.2. The number of anilines is 2. The van der Waals surface area contributed by atoms with E-state index in [1.54, 1.807) is 12.1 Å². The van der Waals surface area contributed by atoms with Crippen LogP contribution in [0, 0.1) is 11.6 Å². The zero-order chi connectivity index (χ0) is 14.1. The van der Waals surface area contributed by atoms with Crippen LogP contribution in [0.3, 0.4) is 0 Å². The molecule has 1 aromatic heterocycles. The number of nitrogen functional groups attached to an aromatic ring is 1. The Balaban J connectivity index is 1.87. The van der Waals surface area contributed by atoms with E-state index in [-0.39, 0.29) is 6.54 Å². The molecule has 0 saturated carbocycles. The van der Waals surface area contributed by atoms with E-state index in [0.29, 0.717) is 28.0 Å². The van der Waals surface area contributed by atoms with Gasteiger partial charge in [-0.05, 0) is 28.5 Å². The quantitative estimate of drug-likeness (QED) is 0.719. The van der Waals surface area contributed by atoms with Gasteiger partial charge in [-0.1, -0.05) is 6.07 Å². The van der Waals surface area contributed by atoms with Crippen molar-refractivity contribution in [2.24, 2.45) is 0 Å². The van der Waals surface area contributed by atoms with Crippen LogP contribution >= 0.6 is 0 Å². The number of hydrogen-bond acceptors (Lipinski definition) is 5. The number of rotatable bonds is 3. The second kappa shape index (κ2) is 4.76. The third-order valence-corrected chi connectivity index (χ3v) is 2.93. The Morgan fingerprint density at radius 1 is 1.10 bits per heavy atom. The Morgan fingerprint density at radius 3 is 2.70 bits per heavy atom. The van der Waals surface area contributed by atoms with E-state index in [2.05, 4.69) is 20.3 Å². The first-order chi connectivity index (χ1) is 9.65. The summed E-state index contributed by atoms with van der Waals surface area (Å²) < 4.78 is 31.0. The van der Waals surface area contributed by atoms with Crippen molar-refractivity contribution in [2.75, 3.05) is 11.1 Å². The summed E-state index contributed by atoms with van der Waals surface area (Å²) in [7, 11) is 0. The van der Waals surface area contributed by atoms with Gasteiger partial charge >= 0.3 is 0 Å². The molecular weight excluding hydrogens is 266 g/mol. The van der Waals surface area contributed by atoms with Crippen molar-refractivity contribution in [2.45, 2.75) is 6.54 Å². The molecule has 3 rings (SSSR count). The maximum absolute atomic E-state index is 13.5. The van der Waals surface area contributed by atoms with E-state index in [0.717, 1.165) is 6.07 Å². The molecule has 0 aliphatic carbocycles. The first-order valence-electron chi connectivity index (χ1n) is 5.83. The van der Waals surface area contributed by atoms with Crippen molar-refractivity contribution < 1.29 is 13.4 Å². The second-order valence-electron chi connectivity index (χ2n) is 4.25. The molecule has 0 saturated heterocycles. The summed E-state index contributed by atoms with van der Waals surface area (Å²) in [6.07, 6.45) is 0. The largest absolute Gasteiger partial charge is 0.397 e. The summed E-state index contributed by atoms with van der Waals surface area (Å²) in [5.41, 5.74) is 8.03. The van der Waals surface area contributed by atoms with Crippen LogP contribution < -0.4 is 11.1 Å². The van der Waals surface area contributed by atoms with Gasteiger partial charge in [0, 0.05) is 18.2 Å². The minimum atomic E-state index is -0.609. The van der Waals surface area contributed by atoms with Gasteiger partial charge in [0.2, 0.25) is 0 Å². The normalized spacial score (nSPS) is 10.9. The summed E-state index contributed by atoms with van der Waals surface area (Å²) in [4.78, 5) is 0. The molecule has 0 spiro atoms. The third-order valence-electron chi connectivity index (χ3n) is 2.93. The second-order valence-corrected chi connectivity index (χ2v) is 4.25. The minimum absolute atomic E-state index is 0.179. The van der Waals surface area contributed by atoms with Crippen LogP contribution in [0.4, 0.5) is 20.2 Å². The third kappa shape index (κ3) is 2.13. The van der Waals surface area contributed by atoms with Gasteiger partial charge in [0.05, 0.1) is 11.4 Å². The van der Waals surface area contributed by atoms with Crippen LogP contribution in [-0.2, 0) is 6.54 Å². The van der Waals surface area contributed by atoms with Crippen LogP contribution in [0.2, 0.25) is 0 Å². The fraction of sp³-hybridized carbons (Fsp3) is 0.0769. The highest BCUT2D eigenvalue weighted by atomic mass is 19.1. The molecule has 0 fully saturated rings. The molecule has 0 aliphatic rings. The Hall–Kier alpha value is -2.70. The molecule has 102 valence electrons. The van der Waals surface area contributed by atoms with Gasteiger partial charge in [0.15, 0.2) is 11.0 Å². The fourth-order valence-corrected chi connectivity index (χ4v) is 1.88. The van der Waals surface area contributed by atoms with Crippen molar-refractivity contribution in [3.63, 3.8) is 0 Å². The summed E-state index contributed by atoms with van der Waals surface area (Å²) >= 11 is 0. The highest BCUT2D eigenvalue weighted by Crippen LogP contribution is 2.25. The fourth-order valence-electron chi connectivity index (χ4n) is 1.88. The van der Waals surface area contributed by atoms with E-state index >= 15 is 0 Å². The number of hydrogen-bond donors (Lipinski definition) is 2. The number of nitrogens with zero attached hydrogens (tertiary/aromatic N) is 2. The average molecular weight is 276 g/mol. The van der Waals surface area contributed by atoms with E-state index in [1.807, 2.05) is 0 Å². The Labute approximate surface area is 112 Å². The van der Waals surface area contributed by atoms with Gasteiger partial charge in [-0.25, -0.2) is 13.4 Å². The van der Waals surface area contributed by atoms with Gasteiger partial charge in [-0.3, -0.25) is 0 Å². The van der Waals surface area contributed by atoms with Crippen LogP contribution in [0.25, 0.3) is 11.0 Å². The van der Waals surface area contributed by atoms with Crippen molar-refractivity contribution >= 4 is 22.4 Å². The van der Waals surface area contributed by atoms with Crippen LogP contribution in [0.1, 0.15) is 5.56 Å². The van der Waals surface area contributed by atoms with Gasteiger partial charge in [0.25, 0.3) is 0 Å². The SMILES string of the molecule is Nc1ccc(NCc2ccc(F)cc2F)c2nonc12. The van der Waals surface area contributed by atoms with Gasteiger partial charge in [-0.2, -0.15) is 0 Å². The molecule has 1 heterocycles. The number of benzene rings is 2. The van der Waals surface area contributed by atoms with Gasteiger partial charge in [0.1, 0.15) is 11.6 Å². The van der Waals surface area contributed by atoms with E-state index in [4.69, 9.17) is 5.73 Å². The molecule has 3 N–H and O–H groups in total. The van der Waals surface area contributed by atoms with Crippen LogP contribution in [0.5, 0.6) is 0 Å². The summed E-state index contributed by atoms with van der Waals surface area (Å²) in [6.45, 7) is 0.179. The van der Waals surface area contributed by atoms with E-state index in [9.17, 15) is 8.78 Å². The predicted molar refractivity (Wildman–Crippen MR) is 69.9 cm³/mol. The number of aromatic nitrogens is 2. The Kier molecular flexibility index (Phi) is 2.94. The highest BCUT2D eigenvalue weighted by molar-refractivity contribution is 5.94. The molecule has 0 unspecified atom stereocenters. The number of nitrogens with one attached hydrogen (secondary N) is 1. The van der Waals surface area contributed by atoms with Crippen LogP contribution in [0.15, 0.2) is 35.0 Å². The molecule has 7 heteroatoms. The van der Waals surface area contributed by atoms with Gasteiger partial charge < -0.3 is 11.1 Å². The smallest absolute Gasteiger partial charge is 0.160 e. The molecule has 5 nitrogen and oxygen atoms in total. The first-order valence-corrected chi connectivity index (χ1v) is 5.83. The zero-order valence-corrected chi connectivity index (χ0v) is 10.2. The lowest BCUT2D eigenvalue weighted by Gasteiger charge is -2.08. The number of halogens is 2. The van der Waals surface area contributed by atoms with Crippen molar-refractivity contribution in [1.29, 1.82) is 0 Å². The molecule has 0 amide bonds. The molecule has 20 heavy (non-hydrogen) atoms. The van der Waals surface area contributed by atoms with E-state index < -0.39 is 11.6 Å². The first kappa shape index (κ1) is 12.3. The number of nitrogens with two attached hydrogens (primary N) is 1. The maximum Gasteiger partial charge on any atom is 0.160 e. The van der Waals surface area contributed by atoms with Gasteiger partial charge in [-0.15, -0.1) is 0 Å². The molecule has 0 bridgehead atoms. The summed E-state index contributed by atoms with van der Waals surface area (Å²) in [5.74, 6) is -1.22. The Bertz CT molecular complexity index is 772. The summed E-state index contributed by atoms with van der Waals surface area (Å²) in [6, 6.07) is 6.77.